The smallest absolute Gasteiger partial charge is 0.408 e. The Morgan fingerprint density at radius 3 is 2.18 bits per heavy atom. The largest absolute Gasteiger partial charge is 0.508 e. The van der Waals surface area contributed by atoms with E-state index in [2.05, 4.69) is 17.6 Å². The van der Waals surface area contributed by atoms with Crippen molar-refractivity contribution in [2.24, 2.45) is 0 Å². The van der Waals surface area contributed by atoms with E-state index in [1.54, 1.807) is 49.9 Å². The lowest BCUT2D eigenvalue weighted by Crippen LogP contribution is -2.54. The minimum absolute atomic E-state index is 0.0573. The van der Waals surface area contributed by atoms with E-state index in [0.29, 0.717) is 12.1 Å². The van der Waals surface area contributed by atoms with E-state index < -0.39 is 23.8 Å². The fourth-order valence-corrected chi connectivity index (χ4v) is 5.79. The molecule has 242 valence electrons. The lowest BCUT2D eigenvalue weighted by atomic mass is 9.94. The number of aromatic hydroxyl groups is 1. The molecule has 1 aliphatic rings. The molecule has 0 aromatic heterocycles. The number of phenolic OH excluding ortho intramolecular Hbond substituents is 1. The third-order valence-electron chi connectivity index (χ3n) is 8.03. The van der Waals surface area contributed by atoms with Gasteiger partial charge in [0.1, 0.15) is 23.4 Å². The minimum Gasteiger partial charge on any atom is -0.508 e. The summed E-state index contributed by atoms with van der Waals surface area (Å²) in [5, 5.41) is 16.1. The molecule has 2 aromatic rings. The van der Waals surface area contributed by atoms with E-state index in [0.717, 1.165) is 69.8 Å². The number of nitrogens with zero attached hydrogens (tertiary/aromatic N) is 1. The molecule has 3 N–H and O–H groups in total. The zero-order chi connectivity index (χ0) is 32.0. The zero-order valence-corrected chi connectivity index (χ0v) is 27.1. The van der Waals surface area contributed by atoms with Crippen LogP contribution in [0.3, 0.4) is 0 Å². The Balaban J connectivity index is 1.98. The molecule has 8 heteroatoms. The van der Waals surface area contributed by atoms with E-state index >= 15 is 0 Å². The Morgan fingerprint density at radius 1 is 0.909 bits per heavy atom. The van der Waals surface area contributed by atoms with E-state index in [1.807, 2.05) is 30.3 Å². The van der Waals surface area contributed by atoms with Gasteiger partial charge in [0.2, 0.25) is 11.8 Å². The molecule has 0 heterocycles. The first-order chi connectivity index (χ1) is 21.1. The summed E-state index contributed by atoms with van der Waals surface area (Å²) in [6, 6.07) is 14.2. The molecule has 0 bridgehead atoms. The summed E-state index contributed by atoms with van der Waals surface area (Å²) in [7, 11) is 0. The Kier molecular flexibility index (Phi) is 14.0. The first-order valence-electron chi connectivity index (χ1n) is 16.5. The molecule has 8 nitrogen and oxygen atoms in total. The molecule has 3 amide bonds. The Morgan fingerprint density at radius 2 is 1.55 bits per heavy atom. The van der Waals surface area contributed by atoms with Crippen LogP contribution < -0.4 is 10.6 Å². The number of benzene rings is 2. The number of unbranched alkanes of at least 4 members (excludes halogenated alkanes) is 5. The molecule has 44 heavy (non-hydrogen) atoms. The van der Waals surface area contributed by atoms with Crippen LogP contribution in [0.4, 0.5) is 4.79 Å². The van der Waals surface area contributed by atoms with Crippen LogP contribution >= 0.6 is 0 Å². The van der Waals surface area contributed by atoms with Crippen molar-refractivity contribution in [1.82, 2.24) is 15.5 Å². The summed E-state index contributed by atoms with van der Waals surface area (Å²) in [6.45, 7) is 7.87. The minimum atomic E-state index is -0.950. The molecule has 0 aliphatic heterocycles. The van der Waals surface area contributed by atoms with Crippen LogP contribution in [-0.2, 0) is 20.7 Å². The van der Waals surface area contributed by atoms with Gasteiger partial charge in [0.15, 0.2) is 0 Å². The first kappa shape index (κ1) is 34.9. The summed E-state index contributed by atoms with van der Waals surface area (Å²) < 4.78 is 5.55. The second-order valence-electron chi connectivity index (χ2n) is 13.0. The first-order valence-corrected chi connectivity index (χ1v) is 16.5. The van der Waals surface area contributed by atoms with Crippen molar-refractivity contribution in [3.05, 3.63) is 65.7 Å². The fourth-order valence-electron chi connectivity index (χ4n) is 5.79. The fraction of sp³-hybridized carbons (Fsp3) is 0.583. The topological polar surface area (TPSA) is 108 Å². The van der Waals surface area contributed by atoms with Gasteiger partial charge in [0.25, 0.3) is 0 Å². The van der Waals surface area contributed by atoms with Crippen LogP contribution in [0.1, 0.15) is 115 Å². The Labute approximate surface area is 263 Å². The van der Waals surface area contributed by atoms with Gasteiger partial charge in [-0.2, -0.15) is 0 Å². The van der Waals surface area contributed by atoms with Gasteiger partial charge in [0, 0.05) is 19.0 Å². The highest BCUT2D eigenvalue weighted by Gasteiger charge is 2.37. The number of phenols is 1. The number of carbonyl (C=O) groups is 3. The van der Waals surface area contributed by atoms with E-state index in [-0.39, 0.29) is 30.0 Å². The number of rotatable bonds is 15. The maximum atomic E-state index is 14.6. The molecule has 3 rings (SSSR count). The monoisotopic (exact) mass is 607 g/mol. The third-order valence-corrected chi connectivity index (χ3v) is 8.03. The van der Waals surface area contributed by atoms with Crippen molar-refractivity contribution in [2.45, 2.75) is 128 Å². The number of amides is 3. The summed E-state index contributed by atoms with van der Waals surface area (Å²) in [5.74, 6) is -0.495. The number of alkyl carbamates (subject to hydrolysis) is 1. The molecule has 0 radical (unpaired) electrons. The van der Waals surface area contributed by atoms with E-state index in [4.69, 9.17) is 4.74 Å². The van der Waals surface area contributed by atoms with Crippen molar-refractivity contribution < 1.29 is 24.2 Å². The zero-order valence-electron chi connectivity index (χ0n) is 27.1. The second-order valence-corrected chi connectivity index (χ2v) is 13.0. The average Bonchev–Trinajstić information content (AvgIpc) is 2.98. The van der Waals surface area contributed by atoms with Gasteiger partial charge in [-0.15, -0.1) is 0 Å². The van der Waals surface area contributed by atoms with Crippen molar-refractivity contribution >= 4 is 17.9 Å². The second kappa shape index (κ2) is 17.7. The molecule has 2 unspecified atom stereocenters. The van der Waals surface area contributed by atoms with Crippen molar-refractivity contribution in [2.75, 3.05) is 6.54 Å². The standard InChI is InChI=1S/C36H53N3O5/c1-5-6-7-8-9-16-25-39(32(28-21-23-30(40)24-22-28)33(41)37-29-19-14-11-15-20-29)34(42)31(26-27-17-12-10-13-18-27)38-35(43)44-36(2,3)4/h10,12-13,17-18,21-24,29,31-32,40H,5-9,11,14-16,19-20,25-26H2,1-4H3,(H,37,41)(H,38,43). The van der Waals surface area contributed by atoms with Crippen molar-refractivity contribution in [3.8, 4) is 5.75 Å². The number of ether oxygens (including phenoxy) is 1. The van der Waals surface area contributed by atoms with Gasteiger partial charge in [0.05, 0.1) is 0 Å². The van der Waals surface area contributed by atoms with Crippen LogP contribution in [0, 0.1) is 0 Å². The van der Waals surface area contributed by atoms with Gasteiger partial charge in [-0.25, -0.2) is 4.79 Å². The third kappa shape index (κ3) is 11.9. The van der Waals surface area contributed by atoms with Gasteiger partial charge in [-0.05, 0) is 63.3 Å². The molecule has 0 spiro atoms. The molecular formula is C36H53N3O5. The maximum absolute atomic E-state index is 14.6. The highest BCUT2D eigenvalue weighted by atomic mass is 16.6. The Hall–Kier alpha value is -3.55. The highest BCUT2D eigenvalue weighted by molar-refractivity contribution is 5.92. The molecule has 1 aliphatic carbocycles. The van der Waals surface area contributed by atoms with E-state index in [1.165, 1.54) is 6.42 Å². The molecule has 0 saturated heterocycles. The normalized spacial score (nSPS) is 15.2. The van der Waals surface area contributed by atoms with Gasteiger partial charge >= 0.3 is 6.09 Å². The number of hydrogen-bond acceptors (Lipinski definition) is 5. The summed E-state index contributed by atoms with van der Waals surface area (Å²) >= 11 is 0. The van der Waals surface area contributed by atoms with Crippen molar-refractivity contribution in [3.63, 3.8) is 0 Å². The quantitative estimate of drug-likeness (QED) is 0.186. The SMILES string of the molecule is CCCCCCCCN(C(=O)C(Cc1ccccc1)NC(=O)OC(C)(C)C)C(C(=O)NC1CCCCC1)c1ccc(O)cc1. The molecular weight excluding hydrogens is 554 g/mol. The van der Waals surface area contributed by atoms with Gasteiger partial charge < -0.3 is 25.4 Å². The van der Waals surface area contributed by atoms with E-state index in [9.17, 15) is 19.5 Å². The van der Waals surface area contributed by atoms with Crippen LogP contribution in [0.15, 0.2) is 54.6 Å². The number of hydrogen-bond donors (Lipinski definition) is 3. The van der Waals surface area contributed by atoms with Gasteiger partial charge in [-0.1, -0.05) is 101 Å². The summed E-state index contributed by atoms with van der Waals surface area (Å²) in [4.78, 5) is 43.4. The summed E-state index contributed by atoms with van der Waals surface area (Å²) in [6.07, 6.45) is 10.8. The van der Waals surface area contributed by atoms with Crippen LogP contribution in [0.5, 0.6) is 5.75 Å². The number of carbonyl (C=O) groups excluding carboxylic acids is 3. The molecule has 2 atom stereocenters. The van der Waals surface area contributed by atoms with Crippen LogP contribution in [0.25, 0.3) is 0 Å². The summed E-state index contributed by atoms with van der Waals surface area (Å²) in [5.41, 5.74) is 0.761. The predicted molar refractivity (Wildman–Crippen MR) is 174 cm³/mol. The molecule has 1 saturated carbocycles. The van der Waals surface area contributed by atoms with Crippen LogP contribution in [0.2, 0.25) is 0 Å². The lowest BCUT2D eigenvalue weighted by Gasteiger charge is -2.36. The molecule has 2 aromatic carbocycles. The van der Waals surface area contributed by atoms with Gasteiger partial charge in [-0.3, -0.25) is 9.59 Å². The predicted octanol–water partition coefficient (Wildman–Crippen LogP) is 7.21. The van der Waals surface area contributed by atoms with Crippen molar-refractivity contribution in [1.29, 1.82) is 0 Å². The average molecular weight is 608 g/mol. The Bertz CT molecular complexity index is 1160. The highest BCUT2D eigenvalue weighted by Crippen LogP contribution is 2.27. The lowest BCUT2D eigenvalue weighted by molar-refractivity contribution is -0.143. The molecule has 1 fully saturated rings. The number of nitrogens with one attached hydrogen (secondary N) is 2. The maximum Gasteiger partial charge on any atom is 0.408 e. The van der Waals surface area contributed by atoms with Crippen LogP contribution in [-0.4, -0.2) is 52.1 Å².